The molecule has 3 heteroatoms. The molecule has 0 amide bonds. The zero-order chi connectivity index (χ0) is 16.0. The molecule has 1 unspecified atom stereocenters. The molecule has 3 aromatic rings. The minimum absolute atomic E-state index is 0.501. The van der Waals surface area contributed by atoms with Gasteiger partial charge in [0.2, 0.25) is 0 Å². The van der Waals surface area contributed by atoms with Crippen molar-refractivity contribution in [3.05, 3.63) is 83.8 Å². The van der Waals surface area contributed by atoms with E-state index < -0.39 is 6.10 Å². The Morgan fingerprint density at radius 3 is 2.65 bits per heavy atom. The summed E-state index contributed by atoms with van der Waals surface area (Å²) in [5, 5.41) is 11.4. The number of allylic oxidation sites excluding steroid dienone is 2. The van der Waals surface area contributed by atoms with Crippen LogP contribution in [0.2, 0.25) is 0 Å². The van der Waals surface area contributed by atoms with Crippen LogP contribution < -0.4 is 4.74 Å². The molecule has 1 aromatic heterocycles. The fourth-order valence-electron chi connectivity index (χ4n) is 2.94. The molecule has 23 heavy (non-hydrogen) atoms. The second-order valence-electron chi connectivity index (χ2n) is 5.71. The first-order valence-electron chi connectivity index (χ1n) is 7.48. The van der Waals surface area contributed by atoms with Crippen molar-refractivity contribution < 1.29 is 14.3 Å². The Balaban J connectivity index is 1.85. The van der Waals surface area contributed by atoms with Gasteiger partial charge in [-0.25, -0.2) is 0 Å². The van der Waals surface area contributed by atoms with E-state index in [0.29, 0.717) is 17.1 Å². The maximum atomic E-state index is 10.5. The summed E-state index contributed by atoms with van der Waals surface area (Å²) in [5.41, 5.74) is 3.61. The molecule has 2 aromatic carbocycles. The van der Waals surface area contributed by atoms with Crippen molar-refractivity contribution in [1.29, 1.82) is 0 Å². The smallest absolute Gasteiger partial charge is 0.145 e. The van der Waals surface area contributed by atoms with E-state index in [1.165, 1.54) is 0 Å². The van der Waals surface area contributed by atoms with Crippen LogP contribution in [0, 0.1) is 0 Å². The van der Waals surface area contributed by atoms with Gasteiger partial charge in [0.25, 0.3) is 0 Å². The molecular weight excluding hydrogens is 288 g/mol. The van der Waals surface area contributed by atoms with Gasteiger partial charge in [0.05, 0.1) is 5.39 Å². The van der Waals surface area contributed by atoms with E-state index >= 15 is 0 Å². The third-order valence-electron chi connectivity index (χ3n) is 4.09. The Morgan fingerprint density at radius 2 is 1.87 bits per heavy atom. The van der Waals surface area contributed by atoms with Crippen molar-refractivity contribution in [1.82, 2.24) is 0 Å². The van der Waals surface area contributed by atoms with Crippen molar-refractivity contribution in [3.63, 3.8) is 0 Å². The van der Waals surface area contributed by atoms with Gasteiger partial charge in [-0.2, -0.15) is 0 Å². The van der Waals surface area contributed by atoms with Crippen molar-refractivity contribution in [2.75, 3.05) is 0 Å². The fourth-order valence-corrected chi connectivity index (χ4v) is 2.94. The molecule has 114 valence electrons. The monoisotopic (exact) mass is 304 g/mol. The Hall–Kier alpha value is -2.78. The predicted octanol–water partition coefficient (Wildman–Crippen LogP) is 4.82. The molecule has 0 aliphatic carbocycles. The van der Waals surface area contributed by atoms with Crippen molar-refractivity contribution in [3.8, 4) is 5.75 Å². The van der Waals surface area contributed by atoms with Crippen LogP contribution in [-0.2, 0) is 0 Å². The summed E-state index contributed by atoms with van der Waals surface area (Å²) in [5.74, 6) is 1.85. The van der Waals surface area contributed by atoms with Crippen LogP contribution in [0.3, 0.4) is 0 Å². The summed E-state index contributed by atoms with van der Waals surface area (Å²) in [7, 11) is 0. The highest BCUT2D eigenvalue weighted by Crippen LogP contribution is 2.41. The molecule has 4 rings (SSSR count). The topological polar surface area (TPSA) is 42.6 Å². The zero-order valence-electron chi connectivity index (χ0n) is 12.7. The second-order valence-corrected chi connectivity index (χ2v) is 5.71. The highest BCUT2D eigenvalue weighted by atomic mass is 16.5. The summed E-state index contributed by atoms with van der Waals surface area (Å²) < 4.78 is 11.6. The fraction of sp³-hybridized carbons (Fsp3) is 0.100. The number of aliphatic hydroxyl groups excluding tert-OH is 1. The van der Waals surface area contributed by atoms with E-state index in [2.05, 4.69) is 6.58 Å². The number of benzene rings is 2. The number of fused-ring (bicyclic) bond motifs is 3. The predicted molar refractivity (Wildman–Crippen MR) is 90.1 cm³/mol. The maximum absolute atomic E-state index is 10.5. The normalized spacial score (nSPS) is 15.0. The average Bonchev–Trinajstić information content (AvgIpc) is 2.99. The third-order valence-corrected chi connectivity index (χ3v) is 4.09. The van der Waals surface area contributed by atoms with Gasteiger partial charge < -0.3 is 14.3 Å². The third kappa shape index (κ3) is 2.26. The zero-order valence-corrected chi connectivity index (χ0v) is 12.7. The van der Waals surface area contributed by atoms with Crippen LogP contribution in [0.25, 0.3) is 16.5 Å². The first-order chi connectivity index (χ1) is 11.1. The van der Waals surface area contributed by atoms with Gasteiger partial charge >= 0.3 is 0 Å². The second kappa shape index (κ2) is 5.14. The van der Waals surface area contributed by atoms with E-state index in [0.717, 1.165) is 27.8 Å². The van der Waals surface area contributed by atoms with E-state index in [1.807, 2.05) is 61.5 Å². The maximum Gasteiger partial charge on any atom is 0.145 e. The van der Waals surface area contributed by atoms with Crippen LogP contribution in [0.4, 0.5) is 0 Å². The first-order valence-corrected chi connectivity index (χ1v) is 7.48. The molecule has 1 N–H and O–H groups in total. The standard InChI is InChI=1S/C20H16O3/c1-12-10-13(2)22-20-15(12)8-9-17-16(20)11-18(23-17)19(21)14-6-4-3-5-7-14/h3-11,19,21H,2H2,1H3. The van der Waals surface area contributed by atoms with Crippen LogP contribution in [-0.4, -0.2) is 5.11 Å². The van der Waals surface area contributed by atoms with Gasteiger partial charge in [0, 0.05) is 5.56 Å². The summed E-state index contributed by atoms with van der Waals surface area (Å²) >= 11 is 0. The molecule has 0 fully saturated rings. The minimum Gasteiger partial charge on any atom is -0.458 e. The molecule has 2 heterocycles. The number of ether oxygens (including phenoxy) is 1. The van der Waals surface area contributed by atoms with E-state index in [-0.39, 0.29) is 0 Å². The summed E-state index contributed by atoms with van der Waals surface area (Å²) in [6.07, 6.45) is 1.11. The Kier molecular flexibility index (Phi) is 3.10. The molecule has 3 nitrogen and oxygen atoms in total. The van der Waals surface area contributed by atoms with Crippen molar-refractivity contribution in [2.24, 2.45) is 0 Å². The SMILES string of the molecule is C=C1C=C(C)c2ccc3oc(C(O)c4ccccc4)cc3c2O1. The molecule has 1 atom stereocenters. The number of rotatable bonds is 2. The van der Waals surface area contributed by atoms with Gasteiger partial charge in [-0.3, -0.25) is 0 Å². The molecule has 0 radical (unpaired) electrons. The number of hydrogen-bond donors (Lipinski definition) is 1. The molecule has 1 aliphatic rings. The van der Waals surface area contributed by atoms with Crippen LogP contribution >= 0.6 is 0 Å². The Labute approximate surface area is 134 Å². The molecule has 1 aliphatic heterocycles. The van der Waals surface area contributed by atoms with Crippen LogP contribution in [0.1, 0.15) is 29.9 Å². The largest absolute Gasteiger partial charge is 0.458 e. The number of furan rings is 1. The molecule has 0 saturated carbocycles. The molecular formula is C20H16O3. The highest BCUT2D eigenvalue weighted by molar-refractivity contribution is 5.92. The lowest BCUT2D eigenvalue weighted by molar-refractivity contribution is 0.192. The van der Waals surface area contributed by atoms with Crippen LogP contribution in [0.5, 0.6) is 5.75 Å². The van der Waals surface area contributed by atoms with Crippen molar-refractivity contribution >= 4 is 16.5 Å². The molecule has 0 bridgehead atoms. The van der Waals surface area contributed by atoms with E-state index in [1.54, 1.807) is 0 Å². The lowest BCUT2D eigenvalue weighted by Gasteiger charge is -2.17. The minimum atomic E-state index is -0.803. The van der Waals surface area contributed by atoms with Crippen molar-refractivity contribution in [2.45, 2.75) is 13.0 Å². The van der Waals surface area contributed by atoms with Gasteiger partial charge in [-0.1, -0.05) is 36.9 Å². The summed E-state index contributed by atoms with van der Waals surface area (Å²) in [4.78, 5) is 0. The number of aliphatic hydroxyl groups is 1. The quantitative estimate of drug-likeness (QED) is 0.737. The first kappa shape index (κ1) is 13.9. The van der Waals surface area contributed by atoms with Gasteiger partial charge in [0.1, 0.15) is 29.0 Å². The van der Waals surface area contributed by atoms with Gasteiger partial charge in [0.15, 0.2) is 0 Å². The van der Waals surface area contributed by atoms with Gasteiger partial charge in [-0.15, -0.1) is 0 Å². The molecule has 0 saturated heterocycles. The van der Waals surface area contributed by atoms with E-state index in [4.69, 9.17) is 9.15 Å². The van der Waals surface area contributed by atoms with Gasteiger partial charge in [-0.05, 0) is 42.3 Å². The molecule has 0 spiro atoms. The van der Waals surface area contributed by atoms with E-state index in [9.17, 15) is 5.11 Å². The average molecular weight is 304 g/mol. The number of hydrogen-bond acceptors (Lipinski definition) is 3. The lowest BCUT2D eigenvalue weighted by Crippen LogP contribution is -2.01. The Bertz CT molecular complexity index is 932. The Morgan fingerprint density at radius 1 is 1.09 bits per heavy atom. The highest BCUT2D eigenvalue weighted by Gasteiger charge is 2.21. The lowest BCUT2D eigenvalue weighted by atomic mass is 10.0. The summed E-state index contributed by atoms with van der Waals surface area (Å²) in [6.45, 7) is 5.91. The van der Waals surface area contributed by atoms with Crippen LogP contribution in [0.15, 0.2) is 71.4 Å². The summed E-state index contributed by atoms with van der Waals surface area (Å²) in [6, 6.07) is 15.2.